The van der Waals surface area contributed by atoms with E-state index in [9.17, 15) is 24.5 Å². The number of methoxy groups -OCH3 is 1. The SMILES string of the molecule is COc1ccc(NC(=O)CN2C(=O)SC(=Cc3ccc([N+](=O)[O-])cc3)C2=O)cc1Cl. The highest BCUT2D eigenvalue weighted by Crippen LogP contribution is 2.32. The molecule has 3 rings (SSSR count). The lowest BCUT2D eigenvalue weighted by molar-refractivity contribution is -0.384. The molecule has 1 N–H and O–H groups in total. The van der Waals surface area contributed by atoms with Crippen LogP contribution in [0.2, 0.25) is 5.02 Å². The van der Waals surface area contributed by atoms with Crippen LogP contribution in [0.3, 0.4) is 0 Å². The van der Waals surface area contributed by atoms with Crippen molar-refractivity contribution in [3.63, 3.8) is 0 Å². The van der Waals surface area contributed by atoms with Crippen LogP contribution in [0.4, 0.5) is 16.2 Å². The molecule has 154 valence electrons. The Morgan fingerprint density at radius 1 is 1.27 bits per heavy atom. The van der Waals surface area contributed by atoms with Crippen LogP contribution in [-0.2, 0) is 9.59 Å². The molecule has 0 aromatic heterocycles. The zero-order chi connectivity index (χ0) is 21.8. The Morgan fingerprint density at radius 3 is 2.57 bits per heavy atom. The van der Waals surface area contributed by atoms with Gasteiger partial charge in [-0.3, -0.25) is 29.4 Å². The molecule has 0 aliphatic carbocycles. The standard InChI is InChI=1S/C19H14ClN3O6S/c1-29-15-7-4-12(9-14(15)20)21-17(24)10-22-18(25)16(30-19(22)26)8-11-2-5-13(6-3-11)23(27)28/h2-9H,10H2,1H3,(H,21,24). The third-order valence-corrected chi connectivity index (χ3v) is 5.22. The van der Waals surface area contributed by atoms with Crippen molar-refractivity contribution >= 4 is 57.9 Å². The van der Waals surface area contributed by atoms with Gasteiger partial charge in [0.2, 0.25) is 5.91 Å². The lowest BCUT2D eigenvalue weighted by Crippen LogP contribution is -2.36. The first-order valence-corrected chi connectivity index (χ1v) is 9.61. The molecule has 9 nitrogen and oxygen atoms in total. The summed E-state index contributed by atoms with van der Waals surface area (Å²) in [6.07, 6.45) is 1.44. The molecule has 1 saturated heterocycles. The number of carbonyl (C=O) groups excluding carboxylic acids is 3. The Morgan fingerprint density at radius 2 is 1.97 bits per heavy atom. The van der Waals surface area contributed by atoms with Crippen LogP contribution in [-0.4, -0.2) is 40.5 Å². The highest BCUT2D eigenvalue weighted by Gasteiger charge is 2.36. The Bertz CT molecular complexity index is 1070. The van der Waals surface area contributed by atoms with Gasteiger partial charge in [0.05, 0.1) is 22.0 Å². The topological polar surface area (TPSA) is 119 Å². The van der Waals surface area contributed by atoms with Gasteiger partial charge in [-0.15, -0.1) is 0 Å². The summed E-state index contributed by atoms with van der Waals surface area (Å²) in [5.74, 6) is -0.752. The number of nitro benzene ring substituents is 1. The average molecular weight is 448 g/mol. The van der Waals surface area contributed by atoms with E-state index in [0.717, 1.165) is 4.90 Å². The maximum atomic E-state index is 12.5. The number of carbonyl (C=O) groups is 3. The fraction of sp³-hybridized carbons (Fsp3) is 0.105. The van der Waals surface area contributed by atoms with Crippen molar-refractivity contribution < 1.29 is 24.0 Å². The van der Waals surface area contributed by atoms with E-state index in [1.807, 2.05) is 0 Å². The number of hydrogen-bond acceptors (Lipinski definition) is 7. The first-order valence-electron chi connectivity index (χ1n) is 8.41. The van der Waals surface area contributed by atoms with Crippen LogP contribution >= 0.6 is 23.4 Å². The molecule has 3 amide bonds. The van der Waals surface area contributed by atoms with Gasteiger partial charge >= 0.3 is 0 Å². The van der Waals surface area contributed by atoms with Crippen LogP contribution in [0.25, 0.3) is 6.08 Å². The Hall–Kier alpha value is -3.37. The molecule has 0 bridgehead atoms. The van der Waals surface area contributed by atoms with Gasteiger partial charge in [0.25, 0.3) is 16.8 Å². The first kappa shape index (κ1) is 21.3. The number of anilines is 1. The van der Waals surface area contributed by atoms with E-state index < -0.39 is 28.5 Å². The van der Waals surface area contributed by atoms with E-state index in [-0.39, 0.29) is 10.6 Å². The number of nitro groups is 1. The lowest BCUT2D eigenvalue weighted by Gasteiger charge is -2.13. The summed E-state index contributed by atoms with van der Waals surface area (Å²) in [7, 11) is 1.46. The molecule has 1 aliphatic rings. The minimum Gasteiger partial charge on any atom is -0.495 e. The van der Waals surface area contributed by atoms with Gasteiger partial charge in [0.15, 0.2) is 0 Å². The largest absolute Gasteiger partial charge is 0.495 e. The summed E-state index contributed by atoms with van der Waals surface area (Å²) < 4.78 is 5.04. The van der Waals surface area contributed by atoms with Gasteiger partial charge < -0.3 is 10.1 Å². The van der Waals surface area contributed by atoms with Gasteiger partial charge in [0, 0.05) is 17.8 Å². The van der Waals surface area contributed by atoms with Crippen molar-refractivity contribution in [2.45, 2.75) is 0 Å². The Labute approximate surface area is 179 Å². The van der Waals surface area contributed by atoms with Crippen molar-refractivity contribution in [2.24, 2.45) is 0 Å². The number of benzene rings is 2. The van der Waals surface area contributed by atoms with E-state index in [1.54, 1.807) is 12.1 Å². The van der Waals surface area contributed by atoms with Crippen molar-refractivity contribution in [3.05, 3.63) is 68.1 Å². The van der Waals surface area contributed by atoms with Crippen molar-refractivity contribution in [2.75, 3.05) is 19.0 Å². The molecular weight excluding hydrogens is 434 g/mol. The van der Waals surface area contributed by atoms with Crippen LogP contribution in [0.15, 0.2) is 47.4 Å². The number of ether oxygens (including phenoxy) is 1. The predicted octanol–water partition coefficient (Wildman–Crippen LogP) is 3.93. The zero-order valence-electron chi connectivity index (χ0n) is 15.5. The number of hydrogen-bond donors (Lipinski definition) is 1. The van der Waals surface area contributed by atoms with Gasteiger partial charge in [-0.05, 0) is 53.7 Å². The second kappa shape index (κ2) is 8.97. The monoisotopic (exact) mass is 447 g/mol. The molecular formula is C19H14ClN3O6S. The smallest absolute Gasteiger partial charge is 0.294 e. The predicted molar refractivity (Wildman–Crippen MR) is 112 cm³/mol. The highest BCUT2D eigenvalue weighted by molar-refractivity contribution is 8.18. The summed E-state index contributed by atoms with van der Waals surface area (Å²) >= 11 is 6.70. The molecule has 0 unspecified atom stereocenters. The molecule has 1 fully saturated rings. The fourth-order valence-corrected chi connectivity index (χ4v) is 3.66. The molecule has 0 spiro atoms. The number of non-ortho nitro benzene ring substituents is 1. The van der Waals surface area contributed by atoms with Gasteiger partial charge in [0.1, 0.15) is 12.3 Å². The van der Waals surface area contributed by atoms with Crippen LogP contribution in [0, 0.1) is 10.1 Å². The molecule has 2 aromatic carbocycles. The minimum absolute atomic E-state index is 0.0874. The zero-order valence-corrected chi connectivity index (χ0v) is 17.0. The van der Waals surface area contributed by atoms with Crippen molar-refractivity contribution in [1.82, 2.24) is 4.90 Å². The Balaban J connectivity index is 1.67. The third kappa shape index (κ3) is 4.78. The molecule has 1 heterocycles. The highest BCUT2D eigenvalue weighted by atomic mass is 35.5. The summed E-state index contributed by atoms with van der Waals surface area (Å²) in [6.45, 7) is -0.466. The second-order valence-electron chi connectivity index (χ2n) is 6.01. The third-order valence-electron chi connectivity index (χ3n) is 4.01. The number of halogens is 1. The molecule has 30 heavy (non-hydrogen) atoms. The number of imide groups is 1. The number of amides is 3. The van der Waals surface area contributed by atoms with E-state index in [4.69, 9.17) is 16.3 Å². The van der Waals surface area contributed by atoms with Crippen molar-refractivity contribution in [3.8, 4) is 5.75 Å². The van der Waals surface area contributed by atoms with Crippen LogP contribution < -0.4 is 10.1 Å². The number of thioether (sulfide) groups is 1. The van der Waals surface area contributed by atoms with E-state index >= 15 is 0 Å². The average Bonchev–Trinajstić information content (AvgIpc) is 2.96. The van der Waals surface area contributed by atoms with Crippen LogP contribution in [0.1, 0.15) is 5.56 Å². The molecule has 1 aliphatic heterocycles. The van der Waals surface area contributed by atoms with E-state index in [1.165, 1.54) is 43.5 Å². The molecule has 11 heteroatoms. The number of rotatable bonds is 6. The van der Waals surface area contributed by atoms with Gasteiger partial charge in [-0.25, -0.2) is 0 Å². The van der Waals surface area contributed by atoms with Crippen LogP contribution in [0.5, 0.6) is 5.75 Å². The second-order valence-corrected chi connectivity index (χ2v) is 7.41. The lowest BCUT2D eigenvalue weighted by atomic mass is 10.2. The van der Waals surface area contributed by atoms with E-state index in [2.05, 4.69) is 5.32 Å². The Kier molecular flexibility index (Phi) is 6.38. The van der Waals surface area contributed by atoms with Gasteiger partial charge in [-0.2, -0.15) is 0 Å². The maximum absolute atomic E-state index is 12.5. The molecule has 0 radical (unpaired) electrons. The molecule has 0 atom stereocenters. The fourth-order valence-electron chi connectivity index (χ4n) is 2.57. The first-order chi connectivity index (χ1) is 14.3. The normalized spacial score (nSPS) is 14.9. The summed E-state index contributed by atoms with van der Waals surface area (Å²) in [6, 6.07) is 10.2. The summed E-state index contributed by atoms with van der Waals surface area (Å²) in [5, 5.41) is 13.0. The summed E-state index contributed by atoms with van der Waals surface area (Å²) in [4.78, 5) is 48.1. The number of nitrogens with zero attached hydrogens (tertiary/aromatic N) is 2. The minimum atomic E-state index is -0.619. The summed E-state index contributed by atoms with van der Waals surface area (Å²) in [5.41, 5.74) is 0.818. The molecule has 2 aromatic rings. The van der Waals surface area contributed by atoms with E-state index in [0.29, 0.717) is 33.8 Å². The van der Waals surface area contributed by atoms with Crippen molar-refractivity contribution in [1.29, 1.82) is 0 Å². The quantitative estimate of drug-likeness (QED) is 0.404. The maximum Gasteiger partial charge on any atom is 0.294 e. The number of nitrogens with one attached hydrogen (secondary N) is 1. The van der Waals surface area contributed by atoms with Gasteiger partial charge in [-0.1, -0.05) is 11.6 Å². The molecule has 0 saturated carbocycles.